The molecule has 0 unspecified atom stereocenters. The summed E-state index contributed by atoms with van der Waals surface area (Å²) < 4.78 is 4.94. The molecule has 0 saturated carbocycles. The van der Waals surface area contributed by atoms with Gasteiger partial charge in [0, 0.05) is 29.8 Å². The van der Waals surface area contributed by atoms with Gasteiger partial charge in [0.1, 0.15) is 6.61 Å². The third kappa shape index (κ3) is 3.03. The van der Waals surface area contributed by atoms with Gasteiger partial charge >= 0.3 is 0 Å². The Morgan fingerprint density at radius 3 is 2.75 bits per heavy atom. The average molecular weight is 360 g/mol. The number of benzene rings is 2. The third-order valence-corrected chi connectivity index (χ3v) is 4.69. The van der Waals surface area contributed by atoms with Crippen LogP contribution in [0.4, 0.5) is 0 Å². The first-order valence-electron chi connectivity index (χ1n) is 7.39. The number of ether oxygens (including phenoxy) is 1. The highest BCUT2D eigenvalue weighted by Gasteiger charge is 2.15. The molecule has 3 nitrogen and oxygen atoms in total. The van der Waals surface area contributed by atoms with Crippen molar-refractivity contribution in [2.24, 2.45) is 0 Å². The summed E-state index contributed by atoms with van der Waals surface area (Å²) >= 11 is 12.6. The minimum absolute atomic E-state index is 0.0397. The second-order valence-corrected chi connectivity index (χ2v) is 6.29. The lowest BCUT2D eigenvalue weighted by Crippen LogP contribution is -2.07. The second kappa shape index (κ2) is 6.89. The Balaban J connectivity index is 2.30. The van der Waals surface area contributed by atoms with Crippen molar-refractivity contribution in [2.45, 2.75) is 6.92 Å². The van der Waals surface area contributed by atoms with Gasteiger partial charge in [-0.2, -0.15) is 0 Å². The van der Waals surface area contributed by atoms with E-state index in [1.165, 1.54) is 7.11 Å². The van der Waals surface area contributed by atoms with Gasteiger partial charge in [-0.3, -0.25) is 9.78 Å². The summed E-state index contributed by atoms with van der Waals surface area (Å²) in [7, 11) is 1.50. The standard InChI is InChI=1S/C19H15Cl2NO2/c1-11-9-22-16-7-6-12(17(23)10-24-2)8-14(16)18(11)13-4-3-5-15(20)19(13)21/h3-9H,10H2,1-2H3. The molecule has 0 aliphatic heterocycles. The first kappa shape index (κ1) is 16.9. The van der Waals surface area contributed by atoms with Crippen LogP contribution in [-0.2, 0) is 4.74 Å². The van der Waals surface area contributed by atoms with Gasteiger partial charge in [-0.05, 0) is 42.3 Å². The van der Waals surface area contributed by atoms with E-state index >= 15 is 0 Å². The molecule has 0 atom stereocenters. The molecule has 0 saturated heterocycles. The normalized spacial score (nSPS) is 11.0. The van der Waals surface area contributed by atoms with Gasteiger partial charge in [0.2, 0.25) is 0 Å². The summed E-state index contributed by atoms with van der Waals surface area (Å²) in [5.74, 6) is -0.0796. The Bertz CT molecular complexity index is 938. The number of ketones is 1. The Labute approximate surface area is 150 Å². The Morgan fingerprint density at radius 1 is 1.21 bits per heavy atom. The number of hydrogen-bond donors (Lipinski definition) is 0. The average Bonchev–Trinajstić information content (AvgIpc) is 2.57. The van der Waals surface area contributed by atoms with Crippen molar-refractivity contribution < 1.29 is 9.53 Å². The van der Waals surface area contributed by atoms with Crippen molar-refractivity contribution in [3.05, 3.63) is 63.8 Å². The maximum absolute atomic E-state index is 12.1. The van der Waals surface area contributed by atoms with Crippen molar-refractivity contribution in [1.82, 2.24) is 4.98 Å². The van der Waals surface area contributed by atoms with Crippen molar-refractivity contribution in [3.8, 4) is 11.1 Å². The summed E-state index contributed by atoms with van der Waals surface area (Å²) in [6, 6.07) is 11.0. The molecule has 24 heavy (non-hydrogen) atoms. The lowest BCUT2D eigenvalue weighted by atomic mass is 9.95. The minimum atomic E-state index is -0.0796. The molecular formula is C19H15Cl2NO2. The molecule has 0 aliphatic carbocycles. The molecule has 0 amide bonds. The molecule has 0 bridgehead atoms. The monoisotopic (exact) mass is 359 g/mol. The summed E-state index contributed by atoms with van der Waals surface area (Å²) in [5.41, 5.74) is 4.09. The summed E-state index contributed by atoms with van der Waals surface area (Å²) in [6.07, 6.45) is 1.80. The number of halogens is 2. The van der Waals surface area contributed by atoms with Gasteiger partial charge in [-0.25, -0.2) is 0 Å². The third-order valence-electron chi connectivity index (χ3n) is 3.88. The fourth-order valence-electron chi connectivity index (χ4n) is 2.73. The van der Waals surface area contributed by atoms with Gasteiger partial charge in [0.15, 0.2) is 5.78 Å². The molecule has 122 valence electrons. The highest BCUT2D eigenvalue weighted by molar-refractivity contribution is 6.44. The quantitative estimate of drug-likeness (QED) is 0.589. The molecule has 3 rings (SSSR count). The number of fused-ring (bicyclic) bond motifs is 1. The van der Waals surface area contributed by atoms with Gasteiger partial charge < -0.3 is 4.74 Å². The Kier molecular flexibility index (Phi) is 4.86. The van der Waals surface area contributed by atoms with Crippen LogP contribution in [0.3, 0.4) is 0 Å². The predicted octanol–water partition coefficient (Wildman–Crippen LogP) is 5.35. The van der Waals surface area contributed by atoms with Crippen LogP contribution in [0.5, 0.6) is 0 Å². The largest absolute Gasteiger partial charge is 0.377 e. The van der Waals surface area contributed by atoms with E-state index in [9.17, 15) is 4.79 Å². The van der Waals surface area contributed by atoms with Crippen LogP contribution in [0.15, 0.2) is 42.6 Å². The molecule has 2 aromatic carbocycles. The highest BCUT2D eigenvalue weighted by atomic mass is 35.5. The number of methoxy groups -OCH3 is 1. The van der Waals surface area contributed by atoms with Crippen LogP contribution in [0.1, 0.15) is 15.9 Å². The first-order chi connectivity index (χ1) is 11.5. The lowest BCUT2D eigenvalue weighted by Gasteiger charge is -2.13. The maximum atomic E-state index is 12.1. The van der Waals surface area contributed by atoms with Gasteiger partial charge in [-0.1, -0.05) is 35.3 Å². The van der Waals surface area contributed by atoms with E-state index in [1.807, 2.05) is 31.2 Å². The molecular weight excluding hydrogens is 345 g/mol. The van der Waals surface area contributed by atoms with Crippen LogP contribution >= 0.6 is 23.2 Å². The van der Waals surface area contributed by atoms with Gasteiger partial charge in [0.25, 0.3) is 0 Å². The summed E-state index contributed by atoms with van der Waals surface area (Å²) in [4.78, 5) is 16.6. The predicted molar refractivity (Wildman–Crippen MR) is 98.1 cm³/mol. The number of aryl methyl sites for hydroxylation is 1. The van der Waals surface area contributed by atoms with Crippen LogP contribution in [-0.4, -0.2) is 24.5 Å². The van der Waals surface area contributed by atoms with E-state index in [4.69, 9.17) is 27.9 Å². The summed E-state index contributed by atoms with van der Waals surface area (Å²) in [6.45, 7) is 2.00. The number of nitrogens with zero attached hydrogens (tertiary/aromatic N) is 1. The first-order valence-corrected chi connectivity index (χ1v) is 8.14. The maximum Gasteiger partial charge on any atom is 0.188 e. The van der Waals surface area contributed by atoms with Crippen molar-refractivity contribution in [1.29, 1.82) is 0 Å². The van der Waals surface area contributed by atoms with Crippen molar-refractivity contribution >= 4 is 39.9 Å². The van der Waals surface area contributed by atoms with E-state index in [-0.39, 0.29) is 12.4 Å². The number of Topliss-reactive ketones (excluding diaryl/α,β-unsaturated/α-hetero) is 1. The van der Waals surface area contributed by atoms with Gasteiger partial charge in [-0.15, -0.1) is 0 Å². The smallest absolute Gasteiger partial charge is 0.188 e. The van der Waals surface area contributed by atoms with Crippen LogP contribution in [0.25, 0.3) is 22.0 Å². The Morgan fingerprint density at radius 2 is 2.00 bits per heavy atom. The summed E-state index contributed by atoms with van der Waals surface area (Å²) in [5, 5.41) is 1.84. The molecule has 0 N–H and O–H groups in total. The highest BCUT2D eigenvalue weighted by Crippen LogP contribution is 2.38. The van der Waals surface area contributed by atoms with E-state index in [1.54, 1.807) is 18.3 Å². The fourth-order valence-corrected chi connectivity index (χ4v) is 3.13. The topological polar surface area (TPSA) is 39.2 Å². The van der Waals surface area contributed by atoms with Crippen molar-refractivity contribution in [3.63, 3.8) is 0 Å². The molecule has 0 radical (unpaired) electrons. The number of carbonyl (C=O) groups excluding carboxylic acids is 1. The number of rotatable bonds is 4. The van der Waals surface area contributed by atoms with Crippen molar-refractivity contribution in [2.75, 3.05) is 13.7 Å². The Hall–Kier alpha value is -1.94. The molecule has 0 aliphatic rings. The van der Waals surface area contributed by atoms with Crippen LogP contribution in [0, 0.1) is 6.92 Å². The van der Waals surface area contributed by atoms with E-state index in [0.717, 1.165) is 27.6 Å². The lowest BCUT2D eigenvalue weighted by molar-refractivity contribution is 0.0848. The number of hydrogen-bond acceptors (Lipinski definition) is 3. The molecule has 1 heterocycles. The molecule has 0 spiro atoms. The van der Waals surface area contributed by atoms with E-state index < -0.39 is 0 Å². The molecule has 5 heteroatoms. The molecule has 1 aromatic heterocycles. The number of carbonyl (C=O) groups is 1. The molecule has 0 fully saturated rings. The second-order valence-electron chi connectivity index (χ2n) is 5.51. The van der Waals surface area contributed by atoms with E-state index in [0.29, 0.717) is 15.6 Å². The zero-order chi connectivity index (χ0) is 17.3. The fraction of sp³-hybridized carbons (Fsp3) is 0.158. The van der Waals surface area contributed by atoms with Gasteiger partial charge in [0.05, 0.1) is 15.6 Å². The zero-order valence-corrected chi connectivity index (χ0v) is 14.8. The number of pyridine rings is 1. The SMILES string of the molecule is COCC(=O)c1ccc2ncc(C)c(-c3cccc(Cl)c3Cl)c2c1. The molecule has 3 aromatic rings. The van der Waals surface area contributed by atoms with Crippen LogP contribution in [0.2, 0.25) is 10.0 Å². The minimum Gasteiger partial charge on any atom is -0.377 e. The zero-order valence-electron chi connectivity index (χ0n) is 13.3. The van der Waals surface area contributed by atoms with E-state index in [2.05, 4.69) is 4.98 Å². The number of aromatic nitrogens is 1. The van der Waals surface area contributed by atoms with Crippen LogP contribution < -0.4 is 0 Å².